The molecule has 0 unspecified atom stereocenters. The molecule has 1 saturated heterocycles. The van der Waals surface area contributed by atoms with Crippen LogP contribution < -0.4 is 9.47 Å². The summed E-state index contributed by atoms with van der Waals surface area (Å²) in [5.41, 5.74) is 1.79. The molecule has 38 heavy (non-hydrogen) atoms. The van der Waals surface area contributed by atoms with Gasteiger partial charge in [-0.3, -0.25) is 9.69 Å². The number of carbonyl (C=O) groups is 1. The van der Waals surface area contributed by atoms with Gasteiger partial charge in [-0.25, -0.2) is 0 Å². The van der Waals surface area contributed by atoms with Crippen LogP contribution in [0.5, 0.6) is 11.5 Å². The van der Waals surface area contributed by atoms with Gasteiger partial charge in [0.05, 0.1) is 23.5 Å². The molecule has 0 N–H and O–H groups in total. The minimum atomic E-state index is -3.96. The van der Waals surface area contributed by atoms with Crippen molar-refractivity contribution in [2.45, 2.75) is 70.6 Å². The highest BCUT2D eigenvalue weighted by Crippen LogP contribution is 2.35. The van der Waals surface area contributed by atoms with Crippen LogP contribution in [0.2, 0.25) is 0 Å². The van der Waals surface area contributed by atoms with Gasteiger partial charge in [-0.05, 0) is 73.0 Å². The van der Waals surface area contributed by atoms with Gasteiger partial charge < -0.3 is 9.47 Å². The molecule has 0 bridgehead atoms. The molecule has 0 aromatic heterocycles. The summed E-state index contributed by atoms with van der Waals surface area (Å²) in [7, 11) is -2.37. The number of carbonyl (C=O) groups excluding carboxylic acids is 1. The van der Waals surface area contributed by atoms with Gasteiger partial charge in [-0.15, -0.1) is 4.40 Å². The van der Waals surface area contributed by atoms with Gasteiger partial charge in [0.2, 0.25) is 0 Å². The number of sulfonamides is 1. The lowest BCUT2D eigenvalue weighted by molar-refractivity contribution is -0.122. The Bertz CT molecular complexity index is 1250. The van der Waals surface area contributed by atoms with Crippen molar-refractivity contribution in [3.05, 3.63) is 58.5 Å². The topological polar surface area (TPSA) is 85.3 Å². The van der Waals surface area contributed by atoms with Crippen LogP contribution in [0.4, 0.5) is 0 Å². The largest absolute Gasteiger partial charge is 0.493 e. The molecule has 1 heterocycles. The Hall–Kier alpha value is -2.78. The van der Waals surface area contributed by atoms with Gasteiger partial charge in [-0.1, -0.05) is 64.2 Å². The number of unbranched alkanes of at least 4 members (excludes halogenated alkanes) is 5. The van der Waals surface area contributed by atoms with Gasteiger partial charge in [0, 0.05) is 6.54 Å². The molecule has 0 saturated carbocycles. The number of methoxy groups -OCH3 is 1. The summed E-state index contributed by atoms with van der Waals surface area (Å²) in [5.74, 6) is 0.960. The van der Waals surface area contributed by atoms with Gasteiger partial charge in [-0.2, -0.15) is 8.42 Å². The molecule has 1 aliphatic heterocycles. The molecule has 3 rings (SSSR count). The van der Waals surface area contributed by atoms with Crippen molar-refractivity contribution >= 4 is 38.9 Å². The third-order valence-electron chi connectivity index (χ3n) is 6.27. The van der Waals surface area contributed by atoms with E-state index in [0.717, 1.165) is 42.2 Å². The monoisotopic (exact) mass is 558 g/mol. The second-order valence-electron chi connectivity index (χ2n) is 9.03. The minimum absolute atomic E-state index is 0.102. The summed E-state index contributed by atoms with van der Waals surface area (Å²) >= 11 is 1.05. The van der Waals surface area contributed by atoms with Crippen LogP contribution in [0, 0.1) is 0 Å². The summed E-state index contributed by atoms with van der Waals surface area (Å²) in [6, 6.07) is 12.2. The number of thioether (sulfide) groups is 1. The second-order valence-corrected chi connectivity index (χ2v) is 11.6. The molecule has 7 nitrogen and oxygen atoms in total. The second kappa shape index (κ2) is 14.4. The zero-order chi connectivity index (χ0) is 27.5. The molecular weight excluding hydrogens is 520 g/mol. The molecule has 1 aliphatic rings. The van der Waals surface area contributed by atoms with Crippen LogP contribution >= 0.6 is 11.8 Å². The summed E-state index contributed by atoms with van der Waals surface area (Å²) in [6.45, 7) is 6.93. The Balaban J connectivity index is 1.73. The van der Waals surface area contributed by atoms with Crippen molar-refractivity contribution in [1.29, 1.82) is 0 Å². The van der Waals surface area contributed by atoms with Crippen LogP contribution in [0.1, 0.15) is 70.4 Å². The number of aryl methyl sites for hydroxylation is 1. The van der Waals surface area contributed by atoms with Gasteiger partial charge in [0.1, 0.15) is 0 Å². The van der Waals surface area contributed by atoms with E-state index in [1.807, 2.05) is 25.1 Å². The highest BCUT2D eigenvalue weighted by molar-refractivity contribution is 8.19. The number of amidine groups is 1. The van der Waals surface area contributed by atoms with Crippen LogP contribution in [-0.4, -0.2) is 44.7 Å². The van der Waals surface area contributed by atoms with Crippen molar-refractivity contribution in [3.63, 3.8) is 0 Å². The fourth-order valence-electron chi connectivity index (χ4n) is 4.02. The molecular formula is C29H38N2O5S2. The first kappa shape index (κ1) is 29.8. The molecule has 0 aliphatic carbocycles. The lowest BCUT2D eigenvalue weighted by atomic mass is 10.1. The summed E-state index contributed by atoms with van der Waals surface area (Å²) in [6.07, 6.45) is 9.66. The van der Waals surface area contributed by atoms with Crippen LogP contribution in [-0.2, 0) is 21.2 Å². The molecule has 2 aromatic rings. The molecule has 0 radical (unpaired) electrons. The minimum Gasteiger partial charge on any atom is -0.493 e. The van der Waals surface area contributed by atoms with Crippen molar-refractivity contribution in [2.24, 2.45) is 4.40 Å². The molecule has 1 amide bonds. The van der Waals surface area contributed by atoms with E-state index in [1.54, 1.807) is 44.4 Å². The van der Waals surface area contributed by atoms with Crippen molar-refractivity contribution in [3.8, 4) is 11.5 Å². The number of rotatable bonds is 14. The maximum absolute atomic E-state index is 13.1. The lowest BCUT2D eigenvalue weighted by Crippen LogP contribution is -2.29. The van der Waals surface area contributed by atoms with Crippen LogP contribution in [0.3, 0.4) is 0 Å². The van der Waals surface area contributed by atoms with Crippen LogP contribution in [0.25, 0.3) is 6.08 Å². The Labute approximate surface area is 231 Å². The molecule has 0 atom stereocenters. The molecule has 0 spiro atoms. The third-order valence-corrected chi connectivity index (χ3v) is 8.68. The number of benzene rings is 2. The van der Waals surface area contributed by atoms with E-state index in [1.165, 1.54) is 30.6 Å². The van der Waals surface area contributed by atoms with Gasteiger partial charge >= 0.3 is 0 Å². The maximum Gasteiger partial charge on any atom is 0.284 e. The van der Waals surface area contributed by atoms with Gasteiger partial charge in [0.25, 0.3) is 15.9 Å². The van der Waals surface area contributed by atoms with Crippen LogP contribution in [0.15, 0.2) is 56.7 Å². The third kappa shape index (κ3) is 7.86. The molecule has 9 heteroatoms. The van der Waals surface area contributed by atoms with E-state index in [4.69, 9.17) is 9.47 Å². The number of likely N-dealkylation sites (N-methyl/N-ethyl adjacent to an activating group) is 1. The van der Waals surface area contributed by atoms with Crippen molar-refractivity contribution < 1.29 is 22.7 Å². The Morgan fingerprint density at radius 3 is 2.32 bits per heavy atom. The molecule has 1 fully saturated rings. The van der Waals surface area contributed by atoms with E-state index in [9.17, 15) is 13.2 Å². The zero-order valence-corrected chi connectivity index (χ0v) is 24.4. The first-order valence-electron chi connectivity index (χ1n) is 13.3. The SMILES string of the molecule is CCCCCCCCOc1ccc(/C=C2\S/C(=N/S(=O)(=O)c3ccc(CC)cc3)N(CC)C2=O)cc1OC. The van der Waals surface area contributed by atoms with E-state index in [0.29, 0.717) is 29.6 Å². The average Bonchev–Trinajstić information content (AvgIpc) is 3.21. The highest BCUT2D eigenvalue weighted by Gasteiger charge is 2.34. The average molecular weight is 559 g/mol. The van der Waals surface area contributed by atoms with E-state index in [-0.39, 0.29) is 16.0 Å². The standard InChI is InChI=1S/C29H38N2O5S2/c1-5-8-9-10-11-12-19-36-25-18-15-23(20-26(25)35-4)21-27-28(32)31(7-3)29(37-27)30-38(33,34)24-16-13-22(6-2)14-17-24/h13-18,20-21H,5-12,19H2,1-4H3/b27-21-,30-29+. The lowest BCUT2D eigenvalue weighted by Gasteiger charge is -2.12. The Kier molecular flexibility index (Phi) is 11.3. The fourth-order valence-corrected chi connectivity index (χ4v) is 6.26. The number of hydrogen-bond donors (Lipinski definition) is 0. The quantitative estimate of drug-likeness (QED) is 0.190. The predicted octanol–water partition coefficient (Wildman–Crippen LogP) is 6.68. The van der Waals surface area contributed by atoms with E-state index in [2.05, 4.69) is 11.3 Å². The first-order chi connectivity index (χ1) is 18.3. The first-order valence-corrected chi connectivity index (χ1v) is 15.5. The zero-order valence-electron chi connectivity index (χ0n) is 22.7. The Morgan fingerprint density at radius 2 is 1.66 bits per heavy atom. The highest BCUT2D eigenvalue weighted by atomic mass is 32.2. The van der Waals surface area contributed by atoms with E-state index < -0.39 is 10.0 Å². The summed E-state index contributed by atoms with van der Waals surface area (Å²) in [4.78, 5) is 14.9. The predicted molar refractivity (Wildman–Crippen MR) is 155 cm³/mol. The van der Waals surface area contributed by atoms with Crippen molar-refractivity contribution in [1.82, 2.24) is 4.90 Å². The molecule has 206 valence electrons. The number of ether oxygens (including phenoxy) is 2. The Morgan fingerprint density at radius 1 is 0.947 bits per heavy atom. The number of amides is 1. The van der Waals surface area contributed by atoms with Crippen molar-refractivity contribution in [2.75, 3.05) is 20.3 Å². The summed E-state index contributed by atoms with van der Waals surface area (Å²) in [5, 5.41) is 0.147. The number of hydrogen-bond acceptors (Lipinski definition) is 6. The van der Waals surface area contributed by atoms with Gasteiger partial charge in [0.15, 0.2) is 16.7 Å². The molecule has 2 aromatic carbocycles. The smallest absolute Gasteiger partial charge is 0.284 e. The normalized spacial score (nSPS) is 16.0. The fraction of sp³-hybridized carbons (Fsp3) is 0.448. The summed E-state index contributed by atoms with van der Waals surface area (Å²) < 4.78 is 41.3. The number of nitrogens with zero attached hydrogens (tertiary/aromatic N) is 2. The van der Waals surface area contributed by atoms with E-state index >= 15 is 0 Å². The maximum atomic E-state index is 13.1.